The molecule has 0 aromatic carbocycles. The predicted molar refractivity (Wildman–Crippen MR) is 76.2 cm³/mol. The average molecular weight is 415 g/mol. The smallest absolute Gasteiger partial charge is 0.228 e. The van der Waals surface area contributed by atoms with Crippen molar-refractivity contribution in [3.8, 4) is 0 Å². The number of pyridine rings is 1. The Morgan fingerprint density at radius 3 is 3.00 bits per heavy atom. The Balaban J connectivity index is 2.24. The van der Waals surface area contributed by atoms with E-state index in [1.54, 1.807) is 17.2 Å². The number of hydrogen-bond acceptors (Lipinski definition) is 2. The lowest BCUT2D eigenvalue weighted by atomic mass is 10.2. The van der Waals surface area contributed by atoms with Gasteiger partial charge >= 0.3 is 0 Å². The second kappa shape index (κ2) is 5.18. The minimum atomic E-state index is 0.120. The number of aromatic nitrogens is 1. The Labute approximate surface area is 121 Å². The van der Waals surface area contributed by atoms with Crippen LogP contribution in [0.25, 0.3) is 0 Å². The lowest BCUT2D eigenvalue weighted by Gasteiger charge is -2.15. The molecule has 3 nitrogen and oxygen atoms in total. The molecule has 6 heteroatoms. The molecule has 2 rings (SSSR count). The number of carbonyl (C=O) groups is 1. The highest BCUT2D eigenvalue weighted by atomic mass is 127. The molecule has 1 aromatic rings. The molecule has 86 valence electrons. The topological polar surface area (TPSA) is 33.2 Å². The molecule has 0 spiro atoms. The molecule has 2 heterocycles. The number of amides is 1. The van der Waals surface area contributed by atoms with Crippen molar-refractivity contribution >= 4 is 61.8 Å². The van der Waals surface area contributed by atoms with E-state index >= 15 is 0 Å². The molecule has 1 fully saturated rings. The minimum Gasteiger partial charge on any atom is -0.296 e. The minimum absolute atomic E-state index is 0.120. The summed E-state index contributed by atoms with van der Waals surface area (Å²) in [5.74, 6) is 1.14. The van der Waals surface area contributed by atoms with Crippen LogP contribution >= 0.6 is 50.1 Å². The van der Waals surface area contributed by atoms with Crippen molar-refractivity contribution in [1.29, 1.82) is 0 Å². The summed E-state index contributed by atoms with van der Waals surface area (Å²) in [5, 5.41) is 1.48. The van der Waals surface area contributed by atoms with Crippen molar-refractivity contribution in [3.05, 3.63) is 20.9 Å². The van der Waals surface area contributed by atoms with Crippen LogP contribution in [0.3, 0.4) is 0 Å². The molecular weight excluding hydrogens is 406 g/mol. The maximum Gasteiger partial charge on any atom is 0.228 e. The van der Waals surface area contributed by atoms with Crippen LogP contribution in [0.5, 0.6) is 0 Å². The summed E-state index contributed by atoms with van der Waals surface area (Å²) in [5.41, 5.74) is 0. The van der Waals surface area contributed by atoms with E-state index in [0.717, 1.165) is 8.90 Å². The standard InChI is InChI=1S/C10H9BrClIN2O/c11-3-6-1-10(16)15(5-6)9-2-7(12)8(13)4-14-9/h2,4,6H,1,3,5H2. The van der Waals surface area contributed by atoms with Gasteiger partial charge in [0.15, 0.2) is 0 Å². The van der Waals surface area contributed by atoms with Gasteiger partial charge in [-0.05, 0) is 28.5 Å². The van der Waals surface area contributed by atoms with E-state index in [4.69, 9.17) is 11.6 Å². The molecule has 1 aliphatic heterocycles. The fourth-order valence-corrected chi connectivity index (χ4v) is 2.53. The van der Waals surface area contributed by atoms with Crippen molar-refractivity contribution in [2.45, 2.75) is 6.42 Å². The van der Waals surface area contributed by atoms with Crippen LogP contribution in [0.4, 0.5) is 5.82 Å². The zero-order valence-corrected chi connectivity index (χ0v) is 12.8. The Morgan fingerprint density at radius 2 is 2.44 bits per heavy atom. The van der Waals surface area contributed by atoms with Gasteiger partial charge in [0.1, 0.15) is 5.82 Å². The normalized spacial score (nSPS) is 20.6. The molecule has 1 saturated heterocycles. The molecule has 0 bridgehead atoms. The highest BCUT2D eigenvalue weighted by molar-refractivity contribution is 14.1. The first kappa shape index (κ1) is 12.6. The molecule has 1 atom stereocenters. The first-order chi connectivity index (χ1) is 7.61. The summed E-state index contributed by atoms with van der Waals surface area (Å²) in [7, 11) is 0. The lowest BCUT2D eigenvalue weighted by molar-refractivity contribution is -0.117. The van der Waals surface area contributed by atoms with E-state index in [-0.39, 0.29) is 5.91 Å². The number of nitrogens with zero attached hydrogens (tertiary/aromatic N) is 2. The van der Waals surface area contributed by atoms with Gasteiger partial charge in [-0.3, -0.25) is 9.69 Å². The van der Waals surface area contributed by atoms with Crippen molar-refractivity contribution in [2.75, 3.05) is 16.8 Å². The summed E-state index contributed by atoms with van der Waals surface area (Å²) < 4.78 is 0.895. The average Bonchev–Trinajstić information content (AvgIpc) is 2.64. The van der Waals surface area contributed by atoms with Gasteiger partial charge in [0.2, 0.25) is 5.91 Å². The maximum absolute atomic E-state index is 11.8. The summed E-state index contributed by atoms with van der Waals surface area (Å²) in [6.45, 7) is 0.716. The van der Waals surface area contributed by atoms with Crippen LogP contribution in [0.1, 0.15) is 6.42 Å². The second-order valence-corrected chi connectivity index (χ2v) is 5.90. The quantitative estimate of drug-likeness (QED) is 0.550. The third kappa shape index (κ3) is 2.51. The van der Waals surface area contributed by atoms with Crippen LogP contribution in [0.2, 0.25) is 5.02 Å². The highest BCUT2D eigenvalue weighted by Gasteiger charge is 2.30. The Bertz CT molecular complexity index is 429. The van der Waals surface area contributed by atoms with Gasteiger partial charge in [-0.2, -0.15) is 0 Å². The second-order valence-electron chi connectivity index (χ2n) is 3.69. The van der Waals surface area contributed by atoms with E-state index in [2.05, 4.69) is 43.5 Å². The van der Waals surface area contributed by atoms with Crippen LogP contribution in [-0.4, -0.2) is 22.8 Å². The SMILES string of the molecule is O=C1CC(CBr)CN1c1cc(Cl)c(I)cn1. The molecule has 0 aliphatic carbocycles. The Morgan fingerprint density at radius 1 is 1.69 bits per heavy atom. The molecule has 1 aromatic heterocycles. The van der Waals surface area contributed by atoms with E-state index in [9.17, 15) is 4.79 Å². The molecular formula is C10H9BrClIN2O. The predicted octanol–water partition coefficient (Wildman–Crippen LogP) is 3.09. The summed E-state index contributed by atoms with van der Waals surface area (Å²) in [6.07, 6.45) is 2.27. The number of anilines is 1. The molecule has 1 amide bonds. The summed E-state index contributed by atoms with van der Waals surface area (Å²) in [4.78, 5) is 17.7. The van der Waals surface area contributed by atoms with Crippen LogP contribution < -0.4 is 4.90 Å². The van der Waals surface area contributed by atoms with Gasteiger partial charge in [0.05, 0.1) is 8.59 Å². The van der Waals surface area contributed by atoms with Crippen molar-refractivity contribution in [3.63, 3.8) is 0 Å². The number of rotatable bonds is 2. The largest absolute Gasteiger partial charge is 0.296 e. The number of hydrogen-bond donors (Lipinski definition) is 0. The third-order valence-electron chi connectivity index (χ3n) is 2.49. The van der Waals surface area contributed by atoms with E-state index in [1.807, 2.05) is 0 Å². The van der Waals surface area contributed by atoms with Crippen molar-refractivity contribution in [1.82, 2.24) is 4.98 Å². The van der Waals surface area contributed by atoms with Crippen molar-refractivity contribution in [2.24, 2.45) is 5.92 Å². The zero-order chi connectivity index (χ0) is 11.7. The number of alkyl halides is 1. The molecule has 0 saturated carbocycles. The summed E-state index contributed by atoms with van der Waals surface area (Å²) in [6, 6.07) is 1.75. The molecule has 16 heavy (non-hydrogen) atoms. The highest BCUT2D eigenvalue weighted by Crippen LogP contribution is 2.28. The van der Waals surface area contributed by atoms with Gasteiger partial charge in [-0.15, -0.1) is 0 Å². The molecule has 0 radical (unpaired) electrons. The summed E-state index contributed by atoms with van der Waals surface area (Å²) >= 11 is 11.5. The maximum atomic E-state index is 11.8. The Kier molecular flexibility index (Phi) is 4.07. The Hall–Kier alpha value is 0.120. The first-order valence-electron chi connectivity index (χ1n) is 4.79. The lowest BCUT2D eigenvalue weighted by Crippen LogP contribution is -2.25. The monoisotopic (exact) mass is 414 g/mol. The van der Waals surface area contributed by atoms with Gasteiger partial charge in [-0.25, -0.2) is 4.98 Å². The zero-order valence-electron chi connectivity index (χ0n) is 8.29. The van der Waals surface area contributed by atoms with Gasteiger partial charge < -0.3 is 0 Å². The van der Waals surface area contributed by atoms with E-state index in [1.165, 1.54) is 0 Å². The van der Waals surface area contributed by atoms with Crippen LogP contribution in [0.15, 0.2) is 12.3 Å². The number of halogens is 3. The fourth-order valence-electron chi connectivity index (χ4n) is 1.66. The molecule has 0 N–H and O–H groups in total. The van der Waals surface area contributed by atoms with Gasteiger partial charge in [0.25, 0.3) is 0 Å². The van der Waals surface area contributed by atoms with E-state index < -0.39 is 0 Å². The third-order valence-corrected chi connectivity index (χ3v) is 4.90. The fraction of sp³-hybridized carbons (Fsp3) is 0.400. The molecule has 1 aliphatic rings. The van der Waals surface area contributed by atoms with Gasteiger partial charge in [0, 0.05) is 30.6 Å². The van der Waals surface area contributed by atoms with Gasteiger partial charge in [-0.1, -0.05) is 27.5 Å². The van der Waals surface area contributed by atoms with E-state index in [0.29, 0.717) is 29.7 Å². The molecule has 1 unspecified atom stereocenters. The van der Waals surface area contributed by atoms with Crippen LogP contribution in [-0.2, 0) is 4.79 Å². The van der Waals surface area contributed by atoms with Crippen LogP contribution in [0, 0.1) is 9.49 Å². The number of carbonyl (C=O) groups excluding carboxylic acids is 1. The van der Waals surface area contributed by atoms with Crippen molar-refractivity contribution < 1.29 is 4.79 Å². The first-order valence-corrected chi connectivity index (χ1v) is 7.37.